The third-order valence-electron chi connectivity index (χ3n) is 3.60. The van der Waals surface area contributed by atoms with E-state index in [1.54, 1.807) is 6.07 Å². The van der Waals surface area contributed by atoms with Gasteiger partial charge in [0.2, 0.25) is 17.4 Å². The fraction of sp³-hybridized carbons (Fsp3) is 0.158. The van der Waals surface area contributed by atoms with Gasteiger partial charge in [0.25, 0.3) is 0 Å². The quantitative estimate of drug-likeness (QED) is 0.569. The number of rotatable bonds is 6. The lowest BCUT2D eigenvalue weighted by Gasteiger charge is -2.11. The zero-order valence-electron chi connectivity index (χ0n) is 17.5. The van der Waals surface area contributed by atoms with E-state index in [9.17, 15) is 18.0 Å². The summed E-state index contributed by atoms with van der Waals surface area (Å²) in [6, 6.07) is 12.1. The molecule has 1 atom stereocenters. The summed E-state index contributed by atoms with van der Waals surface area (Å²) in [5.41, 5.74) is 2.23. The van der Waals surface area contributed by atoms with E-state index in [1.807, 2.05) is 0 Å². The second kappa shape index (κ2) is 7.73. The van der Waals surface area contributed by atoms with E-state index >= 15 is 0 Å². The summed E-state index contributed by atoms with van der Waals surface area (Å²) < 4.78 is 64.0. The van der Waals surface area contributed by atoms with Crippen LogP contribution in [0.5, 0.6) is 0 Å². The van der Waals surface area contributed by atoms with Crippen LogP contribution in [0.2, 0.25) is 0 Å². The summed E-state index contributed by atoms with van der Waals surface area (Å²) >= 11 is 0. The summed E-state index contributed by atoms with van der Waals surface area (Å²) in [6.45, 7) is 0. The molecule has 1 aliphatic rings. The number of carbonyl (C=O) groups excluding carboxylic acids is 2. The molecule has 9 heteroatoms. The SMILES string of the molecule is [2H]C1(c2cccc(C(=O)OC)c2)OC(N)=C(OS(=O)(=O)C([2H])([2H])c2ccccc2)C1=O. The summed E-state index contributed by atoms with van der Waals surface area (Å²) in [4.78, 5) is 24.6. The Morgan fingerprint density at radius 1 is 1.25 bits per heavy atom. The Bertz CT molecular complexity index is 1180. The molecule has 2 aromatic carbocycles. The molecule has 0 aromatic heterocycles. The number of esters is 1. The van der Waals surface area contributed by atoms with E-state index in [0.717, 1.165) is 13.2 Å². The van der Waals surface area contributed by atoms with Crippen molar-refractivity contribution in [1.29, 1.82) is 0 Å². The molecule has 0 radical (unpaired) electrons. The highest BCUT2D eigenvalue weighted by molar-refractivity contribution is 7.86. The largest absolute Gasteiger partial charge is 0.465 e. The summed E-state index contributed by atoms with van der Waals surface area (Å²) in [7, 11) is -3.93. The first-order valence-corrected chi connectivity index (χ1v) is 9.27. The lowest BCUT2D eigenvalue weighted by Crippen LogP contribution is -2.16. The van der Waals surface area contributed by atoms with Gasteiger partial charge in [-0.3, -0.25) is 4.79 Å². The Hall–Kier alpha value is -3.33. The first-order chi connectivity index (χ1) is 14.4. The Morgan fingerprint density at radius 3 is 2.64 bits per heavy atom. The molecule has 1 aliphatic heterocycles. The number of methoxy groups -OCH3 is 1. The predicted octanol–water partition coefficient (Wildman–Crippen LogP) is 1.79. The van der Waals surface area contributed by atoms with Crippen LogP contribution in [0.3, 0.4) is 0 Å². The van der Waals surface area contributed by atoms with Gasteiger partial charge >= 0.3 is 16.1 Å². The number of hydrogen-bond donors (Lipinski definition) is 1. The smallest absolute Gasteiger partial charge is 0.337 e. The maximum atomic E-state index is 12.9. The lowest BCUT2D eigenvalue weighted by atomic mass is 10.0. The number of hydrogen-bond acceptors (Lipinski definition) is 8. The van der Waals surface area contributed by atoms with Crippen molar-refractivity contribution in [3.05, 3.63) is 82.9 Å². The van der Waals surface area contributed by atoms with E-state index in [4.69, 9.17) is 18.8 Å². The van der Waals surface area contributed by atoms with Gasteiger partial charge < -0.3 is 19.4 Å². The molecule has 2 N–H and O–H groups in total. The molecule has 1 unspecified atom stereocenters. The minimum Gasteiger partial charge on any atom is -0.465 e. The summed E-state index contributed by atoms with van der Waals surface area (Å²) in [5.74, 6) is -3.85. The van der Waals surface area contributed by atoms with Crippen LogP contribution in [0, 0.1) is 0 Å². The molecule has 0 aliphatic carbocycles. The monoisotopic (exact) mass is 406 g/mol. The maximum absolute atomic E-state index is 12.9. The van der Waals surface area contributed by atoms with Crippen LogP contribution >= 0.6 is 0 Å². The van der Waals surface area contributed by atoms with Crippen LogP contribution in [0.25, 0.3) is 0 Å². The summed E-state index contributed by atoms with van der Waals surface area (Å²) in [6.07, 6.45) is -2.54. The Morgan fingerprint density at radius 2 is 1.96 bits per heavy atom. The second-order valence-electron chi connectivity index (χ2n) is 5.53. The van der Waals surface area contributed by atoms with E-state index in [-0.39, 0.29) is 16.7 Å². The highest BCUT2D eigenvalue weighted by Gasteiger charge is 2.39. The van der Waals surface area contributed by atoms with Crippen molar-refractivity contribution in [3.63, 3.8) is 0 Å². The first kappa shape index (κ1) is 15.7. The van der Waals surface area contributed by atoms with Gasteiger partial charge in [0, 0.05) is 5.56 Å². The minimum absolute atomic E-state index is 0.0176. The second-order valence-corrected chi connectivity index (χ2v) is 6.81. The van der Waals surface area contributed by atoms with Gasteiger partial charge in [-0.05, 0) is 17.7 Å². The molecule has 8 nitrogen and oxygen atoms in total. The van der Waals surface area contributed by atoms with Gasteiger partial charge in [-0.15, -0.1) is 0 Å². The van der Waals surface area contributed by atoms with Gasteiger partial charge in [0.05, 0.1) is 16.8 Å². The summed E-state index contributed by atoms with van der Waals surface area (Å²) in [5, 5.41) is 0. The number of ether oxygens (including phenoxy) is 2. The van der Waals surface area contributed by atoms with Crippen LogP contribution in [0.4, 0.5) is 0 Å². The average molecular weight is 406 g/mol. The molecule has 1 heterocycles. The van der Waals surface area contributed by atoms with E-state index in [0.29, 0.717) is 0 Å². The predicted molar refractivity (Wildman–Crippen MR) is 98.0 cm³/mol. The molecule has 0 saturated heterocycles. The molecular formula is C19H17NO7S. The highest BCUT2D eigenvalue weighted by Crippen LogP contribution is 2.33. The van der Waals surface area contributed by atoms with Crippen molar-refractivity contribution in [2.75, 3.05) is 7.11 Å². The molecule has 2 aromatic rings. The molecule has 146 valence electrons. The highest BCUT2D eigenvalue weighted by atomic mass is 32.2. The van der Waals surface area contributed by atoms with Crippen molar-refractivity contribution in [2.45, 2.75) is 11.8 Å². The number of Topliss-reactive ketones (excluding diaryl/α,β-unsaturated/α-hetero) is 1. The normalized spacial score (nSPS) is 21.3. The zero-order chi connectivity index (χ0) is 23.0. The standard InChI is InChI=1S/C19H17NO7S/c1-25-19(22)14-9-5-8-13(10-14)16-15(21)17(18(20)26-16)27-28(23,24)11-12-6-3-2-4-7-12/h2-10,16H,11,20H2,1H3/i11D2,16D. The number of nitrogens with two attached hydrogens (primary N) is 1. The Kier molecular flexibility index (Phi) is 4.33. The van der Waals surface area contributed by atoms with Gasteiger partial charge in [0.1, 0.15) is 5.70 Å². The fourth-order valence-corrected chi connectivity index (χ4v) is 3.22. The first-order valence-electron chi connectivity index (χ1n) is 9.36. The van der Waals surface area contributed by atoms with Crippen molar-refractivity contribution < 1.29 is 35.8 Å². The molecule has 3 rings (SSSR count). The van der Waals surface area contributed by atoms with Crippen molar-refractivity contribution >= 4 is 21.9 Å². The average Bonchev–Trinajstić information content (AvgIpc) is 2.97. The topological polar surface area (TPSA) is 122 Å². The molecule has 0 amide bonds. The van der Waals surface area contributed by atoms with Gasteiger partial charge in [-0.1, -0.05) is 42.5 Å². The van der Waals surface area contributed by atoms with Gasteiger partial charge in [0.15, 0.2) is 6.08 Å². The molecule has 0 bridgehead atoms. The van der Waals surface area contributed by atoms with E-state index in [2.05, 4.69) is 4.74 Å². The van der Waals surface area contributed by atoms with Gasteiger partial charge in [-0.25, -0.2) is 4.79 Å². The van der Waals surface area contributed by atoms with Crippen molar-refractivity contribution in [3.8, 4) is 0 Å². The molecule has 0 spiro atoms. The van der Waals surface area contributed by atoms with Crippen molar-refractivity contribution in [1.82, 2.24) is 0 Å². The molecule has 0 saturated carbocycles. The Balaban J connectivity index is 1.94. The molecule has 28 heavy (non-hydrogen) atoms. The van der Waals surface area contributed by atoms with Gasteiger partial charge in [-0.2, -0.15) is 8.42 Å². The van der Waals surface area contributed by atoms with Crippen LogP contribution in [0.1, 0.15) is 31.7 Å². The Labute approximate surface area is 165 Å². The third-order valence-corrected chi connectivity index (χ3v) is 4.48. The van der Waals surface area contributed by atoms with Crippen molar-refractivity contribution in [2.24, 2.45) is 5.73 Å². The maximum Gasteiger partial charge on any atom is 0.337 e. The molecular weight excluding hydrogens is 386 g/mol. The van der Waals surface area contributed by atoms with Crippen LogP contribution < -0.4 is 5.73 Å². The van der Waals surface area contributed by atoms with E-state index < -0.39 is 45.3 Å². The minimum atomic E-state index is -5.08. The third kappa shape index (κ3) is 4.15. The van der Waals surface area contributed by atoms with Crippen LogP contribution in [-0.4, -0.2) is 27.3 Å². The van der Waals surface area contributed by atoms with Crippen LogP contribution in [0.15, 0.2) is 66.2 Å². The van der Waals surface area contributed by atoms with E-state index in [1.165, 1.54) is 42.5 Å². The molecule has 0 fully saturated rings. The fourth-order valence-electron chi connectivity index (χ4n) is 2.37. The number of carbonyl (C=O) groups is 2. The zero-order valence-corrected chi connectivity index (χ0v) is 15.4. The lowest BCUT2D eigenvalue weighted by molar-refractivity contribution is -0.123. The number of benzene rings is 2. The number of ketones is 1. The van der Waals surface area contributed by atoms with Crippen LogP contribution in [-0.2, 0) is 34.3 Å².